The van der Waals surface area contributed by atoms with Crippen LogP contribution in [0, 0.1) is 6.92 Å². The number of hydrogen-bond donors (Lipinski definition) is 1. The summed E-state index contributed by atoms with van der Waals surface area (Å²) in [5.74, 6) is 1.18. The summed E-state index contributed by atoms with van der Waals surface area (Å²) in [4.78, 5) is 14.7. The highest BCUT2D eigenvalue weighted by Crippen LogP contribution is 2.25. The Morgan fingerprint density at radius 2 is 1.93 bits per heavy atom. The minimum absolute atomic E-state index is 0.106. The van der Waals surface area contributed by atoms with Gasteiger partial charge in [0, 0.05) is 47.6 Å². The number of aryl methyl sites for hydroxylation is 1. The zero-order valence-corrected chi connectivity index (χ0v) is 16.2. The lowest BCUT2D eigenvalue weighted by Crippen LogP contribution is -2.37. The highest BCUT2D eigenvalue weighted by Gasteiger charge is 2.17. The van der Waals surface area contributed by atoms with Crippen molar-refractivity contribution in [2.45, 2.75) is 12.7 Å². The van der Waals surface area contributed by atoms with Gasteiger partial charge >= 0.3 is 0 Å². The van der Waals surface area contributed by atoms with Crippen molar-refractivity contribution in [3.63, 3.8) is 0 Å². The van der Waals surface area contributed by atoms with E-state index in [0.717, 1.165) is 41.1 Å². The summed E-state index contributed by atoms with van der Waals surface area (Å²) < 4.78 is 29.0. The minimum Gasteiger partial charge on any atom is -0.378 e. The van der Waals surface area contributed by atoms with E-state index in [1.165, 1.54) is 6.26 Å². The fourth-order valence-electron chi connectivity index (χ4n) is 3.33. The molecule has 1 saturated heterocycles. The Kier molecular flexibility index (Phi) is 4.61. The molecule has 3 aromatic rings. The van der Waals surface area contributed by atoms with Gasteiger partial charge in [-0.3, -0.25) is 0 Å². The van der Waals surface area contributed by atoms with Gasteiger partial charge in [0.1, 0.15) is 5.82 Å². The summed E-state index contributed by atoms with van der Waals surface area (Å²) in [5, 5.41) is 1.08. The number of nitrogens with one attached hydrogen (secondary N) is 1. The molecule has 2 aromatic heterocycles. The Morgan fingerprint density at radius 3 is 2.67 bits per heavy atom. The number of morpholine rings is 1. The van der Waals surface area contributed by atoms with E-state index in [4.69, 9.17) is 9.72 Å². The van der Waals surface area contributed by atoms with E-state index in [1.54, 1.807) is 6.07 Å². The second-order valence-corrected chi connectivity index (χ2v) is 9.11. The third-order valence-corrected chi connectivity index (χ3v) is 5.34. The van der Waals surface area contributed by atoms with E-state index in [-0.39, 0.29) is 5.75 Å². The maximum Gasteiger partial charge on any atom is 0.161 e. The van der Waals surface area contributed by atoms with Crippen molar-refractivity contribution in [1.29, 1.82) is 0 Å². The largest absolute Gasteiger partial charge is 0.378 e. The van der Waals surface area contributed by atoms with Gasteiger partial charge in [-0.25, -0.2) is 18.4 Å². The minimum atomic E-state index is -3.19. The lowest BCUT2D eigenvalue weighted by molar-refractivity contribution is 0.122. The molecule has 27 heavy (non-hydrogen) atoms. The molecule has 0 radical (unpaired) electrons. The number of aromatic amines is 1. The summed E-state index contributed by atoms with van der Waals surface area (Å²) in [6, 6.07) is 9.83. The Labute approximate surface area is 158 Å². The molecule has 0 unspecified atom stereocenters. The molecule has 4 rings (SSSR count). The normalized spacial score (nSPS) is 15.4. The van der Waals surface area contributed by atoms with Gasteiger partial charge in [0.15, 0.2) is 15.7 Å². The van der Waals surface area contributed by atoms with Crippen molar-refractivity contribution in [2.75, 3.05) is 37.5 Å². The van der Waals surface area contributed by atoms with Crippen LogP contribution in [0.15, 0.2) is 30.3 Å². The van der Waals surface area contributed by atoms with Crippen LogP contribution in [0.4, 0.5) is 5.82 Å². The third kappa shape index (κ3) is 4.12. The van der Waals surface area contributed by atoms with Crippen molar-refractivity contribution in [1.82, 2.24) is 15.0 Å². The molecule has 0 spiro atoms. The highest BCUT2D eigenvalue weighted by atomic mass is 32.2. The molecule has 1 aliphatic heterocycles. The number of hydrogen-bond acceptors (Lipinski definition) is 6. The highest BCUT2D eigenvalue weighted by molar-refractivity contribution is 7.89. The summed E-state index contributed by atoms with van der Waals surface area (Å²) in [6.07, 6.45) is 1.22. The first-order valence-corrected chi connectivity index (χ1v) is 10.9. The first-order valence-electron chi connectivity index (χ1n) is 8.85. The summed E-state index contributed by atoms with van der Waals surface area (Å²) in [7, 11) is -3.19. The van der Waals surface area contributed by atoms with Crippen molar-refractivity contribution in [3.8, 4) is 11.4 Å². The molecule has 3 heterocycles. The Bertz CT molecular complexity index is 1090. The molecule has 1 fully saturated rings. The van der Waals surface area contributed by atoms with Gasteiger partial charge in [-0.15, -0.1) is 0 Å². The Balaban J connectivity index is 1.80. The molecular weight excluding hydrogens is 364 g/mol. The Hall–Kier alpha value is -2.45. The predicted octanol–water partition coefficient (Wildman–Crippen LogP) is 2.31. The van der Waals surface area contributed by atoms with Crippen LogP contribution in [0.25, 0.3) is 22.3 Å². The van der Waals surface area contributed by atoms with Gasteiger partial charge in [-0.1, -0.05) is 0 Å². The standard InChI is InChI=1S/C19H22N4O3S/c1-13-9-15-10-14(3-4-17(15)20-13)19-21-16(12-27(2,24)25)11-18(22-19)23-5-7-26-8-6-23/h3-4,9-11,20H,5-8,12H2,1-2H3. The quantitative estimate of drug-likeness (QED) is 0.740. The van der Waals surface area contributed by atoms with Crippen LogP contribution in [0.1, 0.15) is 11.4 Å². The van der Waals surface area contributed by atoms with Crippen molar-refractivity contribution >= 4 is 26.6 Å². The van der Waals surface area contributed by atoms with E-state index in [2.05, 4.69) is 20.9 Å². The Morgan fingerprint density at radius 1 is 1.15 bits per heavy atom. The second kappa shape index (κ2) is 6.94. The number of sulfone groups is 1. The first kappa shape index (κ1) is 17.9. The van der Waals surface area contributed by atoms with Crippen LogP contribution in [-0.4, -0.2) is 55.9 Å². The molecule has 142 valence electrons. The molecule has 1 aromatic carbocycles. The van der Waals surface area contributed by atoms with Crippen LogP contribution in [0.5, 0.6) is 0 Å². The number of rotatable bonds is 4. The summed E-state index contributed by atoms with van der Waals surface area (Å²) in [6.45, 7) is 4.74. The molecule has 0 atom stereocenters. The molecular formula is C19H22N4O3S. The number of aromatic nitrogens is 3. The lowest BCUT2D eigenvalue weighted by Gasteiger charge is -2.28. The average molecular weight is 386 g/mol. The predicted molar refractivity (Wildman–Crippen MR) is 106 cm³/mol. The molecule has 1 N–H and O–H groups in total. The van der Waals surface area contributed by atoms with Crippen molar-refractivity contribution in [2.24, 2.45) is 0 Å². The summed E-state index contributed by atoms with van der Waals surface area (Å²) >= 11 is 0. The van der Waals surface area contributed by atoms with E-state index >= 15 is 0 Å². The van der Waals surface area contributed by atoms with Crippen LogP contribution in [-0.2, 0) is 20.3 Å². The van der Waals surface area contributed by atoms with Gasteiger partial charge < -0.3 is 14.6 Å². The van der Waals surface area contributed by atoms with Gasteiger partial charge in [-0.05, 0) is 31.2 Å². The second-order valence-electron chi connectivity index (χ2n) is 6.96. The van der Waals surface area contributed by atoms with E-state index < -0.39 is 9.84 Å². The van der Waals surface area contributed by atoms with Crippen molar-refractivity contribution in [3.05, 3.63) is 41.7 Å². The number of anilines is 1. The van der Waals surface area contributed by atoms with Gasteiger partial charge in [-0.2, -0.15) is 0 Å². The zero-order valence-electron chi connectivity index (χ0n) is 15.4. The lowest BCUT2D eigenvalue weighted by atomic mass is 10.1. The van der Waals surface area contributed by atoms with Crippen molar-refractivity contribution < 1.29 is 13.2 Å². The molecule has 0 bridgehead atoms. The zero-order chi connectivity index (χ0) is 19.0. The van der Waals surface area contributed by atoms with Crippen LogP contribution in [0.2, 0.25) is 0 Å². The fraction of sp³-hybridized carbons (Fsp3) is 0.368. The topological polar surface area (TPSA) is 88.2 Å². The number of nitrogens with zero attached hydrogens (tertiary/aromatic N) is 3. The van der Waals surface area contributed by atoms with Crippen LogP contribution >= 0.6 is 0 Å². The third-order valence-electron chi connectivity index (χ3n) is 4.52. The summed E-state index contributed by atoms with van der Waals surface area (Å²) in [5.41, 5.74) is 3.51. The van der Waals surface area contributed by atoms with E-state index in [0.29, 0.717) is 24.7 Å². The number of ether oxygens (including phenoxy) is 1. The number of H-pyrrole nitrogens is 1. The fourth-order valence-corrected chi connectivity index (χ4v) is 4.01. The van der Waals surface area contributed by atoms with Gasteiger partial charge in [0.2, 0.25) is 0 Å². The van der Waals surface area contributed by atoms with Crippen LogP contribution in [0.3, 0.4) is 0 Å². The van der Waals surface area contributed by atoms with Gasteiger partial charge in [0.05, 0.1) is 24.7 Å². The van der Waals surface area contributed by atoms with E-state index in [9.17, 15) is 8.42 Å². The monoisotopic (exact) mass is 386 g/mol. The molecule has 8 heteroatoms. The molecule has 7 nitrogen and oxygen atoms in total. The first-order chi connectivity index (χ1) is 12.9. The van der Waals surface area contributed by atoms with Gasteiger partial charge in [0.25, 0.3) is 0 Å². The maximum atomic E-state index is 11.8. The maximum absolute atomic E-state index is 11.8. The average Bonchev–Trinajstić information content (AvgIpc) is 3.00. The smallest absolute Gasteiger partial charge is 0.161 e. The van der Waals surface area contributed by atoms with Crippen LogP contribution < -0.4 is 4.90 Å². The number of fused-ring (bicyclic) bond motifs is 1. The SMILES string of the molecule is Cc1cc2cc(-c3nc(CS(C)(=O)=O)cc(N4CCOCC4)n3)ccc2[nH]1. The molecule has 0 aliphatic carbocycles. The molecule has 1 aliphatic rings. The van der Waals surface area contributed by atoms with E-state index in [1.807, 2.05) is 25.1 Å². The molecule has 0 amide bonds. The number of benzene rings is 1. The molecule has 0 saturated carbocycles.